The fourth-order valence-electron chi connectivity index (χ4n) is 0.545. The monoisotopic (exact) mass is 146 g/mol. The van der Waals surface area contributed by atoms with Crippen molar-refractivity contribution in [1.82, 2.24) is 5.06 Å². The van der Waals surface area contributed by atoms with E-state index in [4.69, 9.17) is 21.5 Å². The van der Waals surface area contributed by atoms with Crippen LogP contribution in [0.5, 0.6) is 0 Å². The Hall–Kier alpha value is -1.31. The molecule has 0 aliphatic carbocycles. The summed E-state index contributed by atoms with van der Waals surface area (Å²) >= 11 is 0. The van der Waals surface area contributed by atoms with Crippen LogP contribution in [0.1, 0.15) is 0 Å². The molecule has 1 rings (SSSR count). The lowest BCUT2D eigenvalue weighted by atomic mass is 10.7. The first-order valence-electron chi connectivity index (χ1n) is 2.36. The van der Waals surface area contributed by atoms with E-state index in [-0.39, 0.29) is 5.06 Å². The summed E-state index contributed by atoms with van der Waals surface area (Å²) in [6, 6.07) is 0. The van der Waals surface area contributed by atoms with Crippen LogP contribution in [0.15, 0.2) is 11.7 Å². The number of hydrogen-bond acceptors (Lipinski definition) is 5. The fraction of sp³-hybridized carbons (Fsp3) is 0. The summed E-state index contributed by atoms with van der Waals surface area (Å²) in [5.74, 6) is -2.03. The maximum absolute atomic E-state index is 10.6. The van der Waals surface area contributed by atoms with Crippen LogP contribution in [0.2, 0.25) is 0 Å². The van der Waals surface area contributed by atoms with Crippen molar-refractivity contribution in [2.75, 3.05) is 0 Å². The zero-order valence-corrected chi connectivity index (χ0v) is 4.83. The van der Waals surface area contributed by atoms with E-state index in [1.165, 1.54) is 0 Å². The first-order valence-corrected chi connectivity index (χ1v) is 2.36. The van der Waals surface area contributed by atoms with Gasteiger partial charge in [-0.3, -0.25) is 10.3 Å². The molecule has 0 aromatic heterocycles. The molecule has 0 spiro atoms. The Balaban J connectivity index is 2.99. The van der Waals surface area contributed by atoms with Crippen molar-refractivity contribution in [2.24, 2.45) is 5.73 Å². The first kappa shape index (κ1) is 6.81. The van der Waals surface area contributed by atoms with Gasteiger partial charge >= 0.3 is 11.8 Å². The average molecular weight is 146 g/mol. The molecule has 0 radical (unpaired) electrons. The van der Waals surface area contributed by atoms with Gasteiger partial charge in [0.05, 0.1) is 0 Å². The molecule has 0 saturated heterocycles. The van der Waals surface area contributed by atoms with Gasteiger partial charge in [-0.25, -0.2) is 5.41 Å². The van der Waals surface area contributed by atoms with Crippen LogP contribution in [-0.4, -0.2) is 21.3 Å². The lowest BCUT2D eigenvalue weighted by molar-refractivity contribution is -0.705. The summed E-state index contributed by atoms with van der Waals surface area (Å²) in [6.07, 6.45) is 0. The Morgan fingerprint density at radius 2 is 2.20 bits per heavy atom. The van der Waals surface area contributed by atoms with Gasteiger partial charge in [-0.05, 0) is 0 Å². The SMILES string of the molecule is N=C1N(O)C(O)=C(N)[NH+]1[O-]. The van der Waals surface area contributed by atoms with Gasteiger partial charge in [0.25, 0.3) is 5.82 Å². The van der Waals surface area contributed by atoms with E-state index in [1.807, 2.05) is 0 Å². The van der Waals surface area contributed by atoms with E-state index in [9.17, 15) is 5.21 Å². The largest absolute Gasteiger partial charge is 0.620 e. The highest BCUT2D eigenvalue weighted by atomic mass is 16.6. The maximum atomic E-state index is 10.6. The second-order valence-corrected chi connectivity index (χ2v) is 1.73. The topological polar surface area (TPSA) is 121 Å². The number of quaternary nitrogens is 1. The predicted octanol–water partition coefficient (Wildman–Crippen LogP) is -2.35. The quantitative estimate of drug-likeness (QED) is 0.245. The zero-order valence-electron chi connectivity index (χ0n) is 4.83. The van der Waals surface area contributed by atoms with Crippen molar-refractivity contribution in [2.45, 2.75) is 0 Å². The van der Waals surface area contributed by atoms with Crippen LogP contribution in [0.4, 0.5) is 0 Å². The Bertz CT molecular complexity index is 192. The third-order valence-electron chi connectivity index (χ3n) is 1.11. The lowest BCUT2D eigenvalue weighted by Gasteiger charge is -2.13. The fourth-order valence-corrected chi connectivity index (χ4v) is 0.545. The van der Waals surface area contributed by atoms with Crippen molar-refractivity contribution in [3.63, 3.8) is 0 Å². The number of hydroxylamine groups is 4. The number of rotatable bonds is 0. The zero-order chi connectivity index (χ0) is 7.89. The summed E-state index contributed by atoms with van der Waals surface area (Å²) in [6.45, 7) is 0. The van der Waals surface area contributed by atoms with Crippen molar-refractivity contribution >= 4 is 5.96 Å². The Morgan fingerprint density at radius 1 is 1.70 bits per heavy atom. The van der Waals surface area contributed by atoms with Crippen LogP contribution in [-0.2, 0) is 0 Å². The summed E-state index contributed by atoms with van der Waals surface area (Å²) in [4.78, 5) is 0. The number of nitrogens with one attached hydrogen (secondary N) is 2. The molecule has 6 N–H and O–H groups in total. The maximum Gasteiger partial charge on any atom is 0.334 e. The van der Waals surface area contributed by atoms with E-state index in [2.05, 4.69) is 0 Å². The molecule has 1 aliphatic heterocycles. The van der Waals surface area contributed by atoms with Gasteiger partial charge in [-0.2, -0.15) is 0 Å². The second-order valence-electron chi connectivity index (χ2n) is 1.73. The highest BCUT2D eigenvalue weighted by Gasteiger charge is 2.33. The molecule has 0 aromatic rings. The Morgan fingerprint density at radius 3 is 2.30 bits per heavy atom. The van der Waals surface area contributed by atoms with Crippen LogP contribution in [0.25, 0.3) is 0 Å². The van der Waals surface area contributed by atoms with Gasteiger partial charge in [0, 0.05) is 0 Å². The van der Waals surface area contributed by atoms with Gasteiger partial charge in [-0.1, -0.05) is 0 Å². The standard InChI is InChI=1S/C3H6N4O3/c4-1-2(8)7(10)3(5)6(1)9/h5-6,8,10H,4H2. The first-order chi connectivity index (χ1) is 4.55. The number of guanidine groups is 1. The van der Waals surface area contributed by atoms with E-state index in [0.717, 1.165) is 0 Å². The molecule has 56 valence electrons. The van der Waals surface area contributed by atoms with E-state index in [1.54, 1.807) is 0 Å². The van der Waals surface area contributed by atoms with Gasteiger partial charge < -0.3 is 16.0 Å². The predicted molar refractivity (Wildman–Crippen MR) is 29.5 cm³/mol. The lowest BCUT2D eigenvalue weighted by Crippen LogP contribution is -3.08. The Kier molecular flexibility index (Phi) is 1.25. The second kappa shape index (κ2) is 1.84. The molecular formula is C3H6N4O3. The Labute approximate surface area is 55.6 Å². The molecular weight excluding hydrogens is 140 g/mol. The average Bonchev–Trinajstić information content (AvgIpc) is 2.07. The van der Waals surface area contributed by atoms with Gasteiger partial charge in [0.1, 0.15) is 0 Å². The minimum Gasteiger partial charge on any atom is -0.620 e. The molecule has 7 heteroatoms. The van der Waals surface area contributed by atoms with E-state index >= 15 is 0 Å². The molecule has 1 unspecified atom stereocenters. The molecule has 0 bridgehead atoms. The summed E-state index contributed by atoms with van der Waals surface area (Å²) in [5, 5.41) is 33.8. The van der Waals surface area contributed by atoms with Gasteiger partial charge in [0.15, 0.2) is 0 Å². The van der Waals surface area contributed by atoms with Gasteiger partial charge in [-0.15, -0.1) is 5.06 Å². The van der Waals surface area contributed by atoms with Crippen molar-refractivity contribution in [1.29, 1.82) is 5.41 Å². The summed E-state index contributed by atoms with van der Waals surface area (Å²) in [7, 11) is 0. The molecule has 0 amide bonds. The normalized spacial score (nSPS) is 26.4. The van der Waals surface area contributed by atoms with Crippen molar-refractivity contribution in [3.05, 3.63) is 16.9 Å². The summed E-state index contributed by atoms with van der Waals surface area (Å²) in [5.41, 5.74) is 4.94. The van der Waals surface area contributed by atoms with Crippen LogP contribution in [0, 0.1) is 10.6 Å². The molecule has 1 atom stereocenters. The molecule has 1 heterocycles. The third-order valence-corrected chi connectivity index (χ3v) is 1.11. The molecule has 0 aromatic carbocycles. The van der Waals surface area contributed by atoms with Gasteiger partial charge in [0.2, 0.25) is 0 Å². The summed E-state index contributed by atoms with van der Waals surface area (Å²) < 4.78 is 0. The highest BCUT2D eigenvalue weighted by Crippen LogP contribution is 1.99. The third kappa shape index (κ3) is 0.620. The molecule has 10 heavy (non-hydrogen) atoms. The van der Waals surface area contributed by atoms with E-state index < -0.39 is 22.7 Å². The number of nitrogens with zero attached hydrogens (tertiary/aromatic N) is 1. The van der Waals surface area contributed by atoms with E-state index in [0.29, 0.717) is 0 Å². The number of aliphatic hydroxyl groups excluding tert-OH is 1. The van der Waals surface area contributed by atoms with Crippen LogP contribution in [0.3, 0.4) is 0 Å². The number of aliphatic hydroxyl groups is 1. The number of hydrogen-bond donors (Lipinski definition) is 5. The molecule has 0 fully saturated rings. The van der Waals surface area contributed by atoms with Crippen molar-refractivity contribution < 1.29 is 15.4 Å². The smallest absolute Gasteiger partial charge is 0.334 e. The minimum absolute atomic E-state index is 0.0255. The molecule has 7 nitrogen and oxygen atoms in total. The number of nitrogens with two attached hydrogens (primary N) is 1. The van der Waals surface area contributed by atoms with Crippen LogP contribution < -0.4 is 10.8 Å². The molecule has 0 saturated carbocycles. The minimum atomic E-state index is -0.875. The highest BCUT2D eigenvalue weighted by molar-refractivity contribution is 5.71. The van der Waals surface area contributed by atoms with Crippen molar-refractivity contribution in [3.8, 4) is 0 Å². The molecule has 1 aliphatic rings. The van der Waals surface area contributed by atoms with Crippen LogP contribution >= 0.6 is 0 Å².